The highest BCUT2D eigenvalue weighted by atomic mass is 35.5. The van der Waals surface area contributed by atoms with Crippen LogP contribution in [-0.2, 0) is 9.53 Å². The molecule has 6 heteroatoms. The number of carbonyl (C=O) groups is 1. The van der Waals surface area contributed by atoms with Gasteiger partial charge in [0, 0.05) is 18.8 Å². The lowest BCUT2D eigenvalue weighted by atomic mass is 10.1. The molecule has 2 rings (SSSR count). The van der Waals surface area contributed by atoms with Crippen molar-refractivity contribution in [2.24, 2.45) is 0 Å². The lowest BCUT2D eigenvalue weighted by molar-refractivity contribution is -0.124. The standard InChI is InChI=1S/C15H18ClN3O2/c1-2-5-18-15(20)14-10-21-7-6-19(14)12-4-3-11(9-17)13(16)8-12/h3-4,8,14H,2,5-7,10H2,1H3,(H,18,20). The highest BCUT2D eigenvalue weighted by Crippen LogP contribution is 2.26. The Balaban J connectivity index is 2.20. The van der Waals surface area contributed by atoms with Crippen LogP contribution in [0.5, 0.6) is 0 Å². The van der Waals surface area contributed by atoms with E-state index in [1.54, 1.807) is 12.1 Å². The van der Waals surface area contributed by atoms with Crippen LogP contribution in [-0.4, -0.2) is 38.3 Å². The van der Waals surface area contributed by atoms with Crippen molar-refractivity contribution in [2.75, 3.05) is 31.2 Å². The molecule has 0 aliphatic carbocycles. The molecular formula is C15H18ClN3O2. The summed E-state index contributed by atoms with van der Waals surface area (Å²) in [6.07, 6.45) is 0.891. The largest absolute Gasteiger partial charge is 0.377 e. The second-order valence-electron chi connectivity index (χ2n) is 4.85. The summed E-state index contributed by atoms with van der Waals surface area (Å²) in [6.45, 7) is 4.20. The van der Waals surface area contributed by atoms with E-state index in [-0.39, 0.29) is 11.9 Å². The number of nitrogens with zero attached hydrogens (tertiary/aromatic N) is 2. The Labute approximate surface area is 129 Å². The van der Waals surface area contributed by atoms with Crippen LogP contribution in [0.25, 0.3) is 0 Å². The molecule has 0 aromatic heterocycles. The number of hydrogen-bond donors (Lipinski definition) is 1. The first kappa shape index (κ1) is 15.6. The zero-order valence-electron chi connectivity index (χ0n) is 11.9. The van der Waals surface area contributed by atoms with Gasteiger partial charge in [0.15, 0.2) is 0 Å². The normalized spacial score (nSPS) is 18.1. The van der Waals surface area contributed by atoms with Gasteiger partial charge in [-0.1, -0.05) is 18.5 Å². The molecule has 1 amide bonds. The first-order valence-corrected chi connectivity index (χ1v) is 7.37. The Bertz CT molecular complexity index is 556. The Morgan fingerprint density at radius 1 is 1.62 bits per heavy atom. The van der Waals surface area contributed by atoms with Gasteiger partial charge in [0.05, 0.1) is 23.8 Å². The minimum Gasteiger partial charge on any atom is -0.377 e. The summed E-state index contributed by atoms with van der Waals surface area (Å²) in [5, 5.41) is 12.2. The van der Waals surface area contributed by atoms with Gasteiger partial charge in [0.2, 0.25) is 5.91 Å². The second kappa shape index (κ2) is 7.30. The molecule has 1 N–H and O–H groups in total. The third-order valence-corrected chi connectivity index (χ3v) is 3.70. The first-order valence-electron chi connectivity index (χ1n) is 6.99. The molecule has 112 valence electrons. The Kier molecular flexibility index (Phi) is 5.43. The van der Waals surface area contributed by atoms with E-state index >= 15 is 0 Å². The molecule has 0 spiro atoms. The van der Waals surface area contributed by atoms with Gasteiger partial charge < -0.3 is 15.0 Å². The Morgan fingerprint density at radius 3 is 3.10 bits per heavy atom. The number of hydrogen-bond acceptors (Lipinski definition) is 4. The van der Waals surface area contributed by atoms with Gasteiger partial charge >= 0.3 is 0 Å². The molecule has 0 saturated carbocycles. The molecule has 0 radical (unpaired) electrons. The number of nitriles is 1. The summed E-state index contributed by atoms with van der Waals surface area (Å²) in [5.74, 6) is -0.0444. The van der Waals surface area contributed by atoms with E-state index in [0.29, 0.717) is 36.9 Å². The summed E-state index contributed by atoms with van der Waals surface area (Å²) in [6, 6.07) is 6.88. The van der Waals surface area contributed by atoms with Crippen LogP contribution in [0.3, 0.4) is 0 Å². The van der Waals surface area contributed by atoms with E-state index in [9.17, 15) is 4.79 Å². The predicted molar refractivity (Wildman–Crippen MR) is 81.4 cm³/mol. The van der Waals surface area contributed by atoms with Crippen LogP contribution in [0.15, 0.2) is 18.2 Å². The molecule has 1 atom stereocenters. The summed E-state index contributed by atoms with van der Waals surface area (Å²) in [7, 11) is 0. The number of nitrogens with one attached hydrogen (secondary N) is 1. The van der Waals surface area contributed by atoms with Crippen molar-refractivity contribution in [3.8, 4) is 6.07 Å². The average molecular weight is 308 g/mol. The Morgan fingerprint density at radius 2 is 2.43 bits per heavy atom. The van der Waals surface area contributed by atoms with E-state index in [0.717, 1.165) is 12.1 Å². The van der Waals surface area contributed by atoms with Gasteiger partial charge in [-0.15, -0.1) is 0 Å². The number of halogens is 1. The van der Waals surface area contributed by atoms with Gasteiger partial charge in [-0.25, -0.2) is 0 Å². The fraction of sp³-hybridized carbons (Fsp3) is 0.467. The van der Waals surface area contributed by atoms with E-state index in [1.807, 2.05) is 24.0 Å². The molecule has 1 unspecified atom stereocenters. The van der Waals surface area contributed by atoms with Crippen molar-refractivity contribution >= 4 is 23.2 Å². The van der Waals surface area contributed by atoms with Crippen LogP contribution >= 0.6 is 11.6 Å². The highest BCUT2D eigenvalue weighted by Gasteiger charge is 2.29. The smallest absolute Gasteiger partial charge is 0.245 e. The molecule has 1 fully saturated rings. The van der Waals surface area contributed by atoms with Gasteiger partial charge in [-0.2, -0.15) is 5.26 Å². The fourth-order valence-electron chi connectivity index (χ4n) is 2.27. The zero-order valence-corrected chi connectivity index (χ0v) is 12.7. The maximum absolute atomic E-state index is 12.2. The molecule has 1 aromatic carbocycles. The average Bonchev–Trinajstić information content (AvgIpc) is 2.52. The van der Waals surface area contributed by atoms with Gasteiger partial charge in [-0.3, -0.25) is 4.79 Å². The molecule has 1 saturated heterocycles. The molecule has 0 bridgehead atoms. The Hall–Kier alpha value is -1.77. The van der Waals surface area contributed by atoms with Crippen molar-refractivity contribution in [1.29, 1.82) is 5.26 Å². The maximum Gasteiger partial charge on any atom is 0.245 e. The van der Waals surface area contributed by atoms with E-state index < -0.39 is 0 Å². The molecule has 1 aromatic rings. The molecule has 1 aliphatic rings. The van der Waals surface area contributed by atoms with Crippen molar-refractivity contribution < 1.29 is 9.53 Å². The number of morpholine rings is 1. The maximum atomic E-state index is 12.2. The SMILES string of the molecule is CCCNC(=O)C1COCCN1c1ccc(C#N)c(Cl)c1. The number of ether oxygens (including phenoxy) is 1. The first-order chi connectivity index (χ1) is 10.2. The third-order valence-electron chi connectivity index (χ3n) is 3.39. The van der Waals surface area contributed by atoms with Gasteiger partial charge in [0.25, 0.3) is 0 Å². The lowest BCUT2D eigenvalue weighted by Crippen LogP contribution is -2.54. The quantitative estimate of drug-likeness (QED) is 0.923. The van der Waals surface area contributed by atoms with E-state index in [4.69, 9.17) is 21.6 Å². The molecule has 1 aliphatic heterocycles. The summed E-state index contributed by atoms with van der Waals surface area (Å²) in [4.78, 5) is 14.2. The minimum absolute atomic E-state index is 0.0444. The number of amides is 1. The van der Waals surface area contributed by atoms with Gasteiger partial charge in [-0.05, 0) is 24.6 Å². The van der Waals surface area contributed by atoms with Crippen molar-refractivity contribution in [3.63, 3.8) is 0 Å². The van der Waals surface area contributed by atoms with Crippen molar-refractivity contribution in [3.05, 3.63) is 28.8 Å². The molecular weight excluding hydrogens is 290 g/mol. The highest BCUT2D eigenvalue weighted by molar-refractivity contribution is 6.32. The van der Waals surface area contributed by atoms with Crippen LogP contribution in [0.1, 0.15) is 18.9 Å². The number of carbonyl (C=O) groups excluding carboxylic acids is 1. The van der Waals surface area contributed by atoms with E-state index in [1.165, 1.54) is 0 Å². The lowest BCUT2D eigenvalue weighted by Gasteiger charge is -2.36. The molecule has 21 heavy (non-hydrogen) atoms. The van der Waals surface area contributed by atoms with Crippen molar-refractivity contribution in [1.82, 2.24) is 5.32 Å². The topological polar surface area (TPSA) is 65.4 Å². The summed E-state index contributed by atoms with van der Waals surface area (Å²) >= 11 is 6.08. The fourth-order valence-corrected chi connectivity index (χ4v) is 2.49. The van der Waals surface area contributed by atoms with E-state index in [2.05, 4.69) is 5.32 Å². The number of anilines is 1. The monoisotopic (exact) mass is 307 g/mol. The van der Waals surface area contributed by atoms with Crippen LogP contribution in [0, 0.1) is 11.3 Å². The predicted octanol–water partition coefficient (Wildman–Crippen LogP) is 1.94. The zero-order chi connectivity index (χ0) is 15.2. The number of benzene rings is 1. The van der Waals surface area contributed by atoms with Crippen LogP contribution in [0.2, 0.25) is 5.02 Å². The van der Waals surface area contributed by atoms with Crippen molar-refractivity contribution in [2.45, 2.75) is 19.4 Å². The number of rotatable bonds is 4. The third kappa shape index (κ3) is 3.66. The van der Waals surface area contributed by atoms with Crippen LogP contribution < -0.4 is 10.2 Å². The summed E-state index contributed by atoms with van der Waals surface area (Å²) < 4.78 is 5.42. The van der Waals surface area contributed by atoms with Crippen LogP contribution in [0.4, 0.5) is 5.69 Å². The second-order valence-corrected chi connectivity index (χ2v) is 5.26. The molecule has 5 nitrogen and oxygen atoms in total. The minimum atomic E-state index is -0.366. The van der Waals surface area contributed by atoms with Gasteiger partial charge in [0.1, 0.15) is 12.1 Å². The molecule has 1 heterocycles. The summed E-state index contributed by atoms with van der Waals surface area (Å²) in [5.41, 5.74) is 1.26.